The van der Waals surface area contributed by atoms with Crippen LogP contribution in [0.5, 0.6) is 0 Å². The van der Waals surface area contributed by atoms with E-state index in [-0.39, 0.29) is 0 Å². The molecule has 20 atom stereocenters. The van der Waals surface area contributed by atoms with Crippen LogP contribution in [0.2, 0.25) is 0 Å². The van der Waals surface area contributed by atoms with Crippen LogP contribution in [0.1, 0.15) is 6.92 Å². The van der Waals surface area contributed by atoms with Gasteiger partial charge in [0, 0.05) is 6.92 Å². The van der Waals surface area contributed by atoms with Gasteiger partial charge in [-0.15, -0.1) is 0 Å². The van der Waals surface area contributed by atoms with Crippen LogP contribution >= 0.6 is 0 Å². The number of rotatable bonds is 11. The van der Waals surface area contributed by atoms with Gasteiger partial charge >= 0.3 is 5.97 Å². The summed E-state index contributed by atoms with van der Waals surface area (Å²) >= 11 is 0. The van der Waals surface area contributed by atoms with Gasteiger partial charge < -0.3 is 105 Å². The predicted molar refractivity (Wildman–Crippen MR) is 146 cm³/mol. The van der Waals surface area contributed by atoms with Crippen molar-refractivity contribution in [3.05, 3.63) is 0 Å². The second-order valence-corrected chi connectivity index (χ2v) is 11.9. The fraction of sp³-hybridized carbons (Fsp3) is 0.923. The second kappa shape index (κ2) is 16.7. The number of aliphatic hydroxyl groups is 12. The highest BCUT2D eigenvalue weighted by Crippen LogP contribution is 2.34. The zero-order valence-corrected chi connectivity index (χ0v) is 25.7. The van der Waals surface area contributed by atoms with Crippen LogP contribution in [-0.2, 0) is 42.7 Å². The Labute approximate surface area is 276 Å². The molecule has 4 heterocycles. The number of ether oxygens (including phenoxy) is 7. The standard InChI is InChI=1S/C26H43NO22/c1-5(31)27-9-19(11(33)7(3-29)43-24(9)49-20-13(35)15(37)23(42)46-21(20)22(40)41)48-26-17(39)14(36)18(8(4-30)45-26)47-25-16(38)12(34)10(32)6(2-28)44-25/h6-21,23-26,28-30,32-39,42H,2-4H2,1H3,(H,27,31)(H,40,41)/t6-,7-,8-,9-,10-,11-,12+,13-,14-,15-,16-,17-,18-,19-,20-,21+,23+,24+,25+,26+/m1/s1. The lowest BCUT2D eigenvalue weighted by Crippen LogP contribution is -2.70. The SMILES string of the molecule is CC(=O)N[C@H]1[C@H](O[C@@H]2[C@H](O)[C@@H](O)[C@@H](O)O[C@@H]2C(=O)O)O[C@H](CO)[C@@H](O)[C@@H]1O[C@@H]1O[C@H](CO)[C@@H](O[C@@H]2O[C@H](CO)[C@@H](O)[C@H](O)[C@H]2O)[C@H](O)[C@H]1O. The third-order valence-electron chi connectivity index (χ3n) is 8.57. The number of aliphatic carboxylic acids is 1. The highest BCUT2D eigenvalue weighted by atomic mass is 16.8. The van der Waals surface area contributed by atoms with Crippen molar-refractivity contribution in [3.8, 4) is 0 Å². The van der Waals surface area contributed by atoms with Gasteiger partial charge in [0.2, 0.25) is 5.91 Å². The third-order valence-corrected chi connectivity index (χ3v) is 8.57. The van der Waals surface area contributed by atoms with Crippen LogP contribution in [0.15, 0.2) is 0 Å². The lowest BCUT2D eigenvalue weighted by atomic mass is 9.94. The summed E-state index contributed by atoms with van der Waals surface area (Å²) in [5, 5.41) is 135. The van der Waals surface area contributed by atoms with E-state index in [0.29, 0.717) is 0 Å². The minimum absolute atomic E-state index is 0.814. The number of nitrogens with one attached hydrogen (secondary N) is 1. The van der Waals surface area contributed by atoms with Gasteiger partial charge in [0.25, 0.3) is 0 Å². The van der Waals surface area contributed by atoms with Crippen molar-refractivity contribution >= 4 is 11.9 Å². The van der Waals surface area contributed by atoms with Crippen LogP contribution < -0.4 is 5.32 Å². The van der Waals surface area contributed by atoms with Crippen molar-refractivity contribution in [1.29, 1.82) is 0 Å². The molecule has 23 nitrogen and oxygen atoms in total. The molecule has 4 rings (SSSR count). The number of carbonyl (C=O) groups excluding carboxylic acids is 1. The molecule has 14 N–H and O–H groups in total. The van der Waals surface area contributed by atoms with E-state index in [9.17, 15) is 76.0 Å². The number of carboxylic acids is 1. The first kappa shape index (κ1) is 40.0. The smallest absolute Gasteiger partial charge is 0.335 e. The number of hydrogen-bond donors (Lipinski definition) is 14. The average Bonchev–Trinajstić information content (AvgIpc) is 3.06. The summed E-state index contributed by atoms with van der Waals surface area (Å²) < 4.78 is 38.1. The number of carboxylic acid groups (broad SMARTS) is 1. The fourth-order valence-electron chi connectivity index (χ4n) is 5.91. The summed E-state index contributed by atoms with van der Waals surface area (Å²) in [4.78, 5) is 24.1. The van der Waals surface area contributed by atoms with E-state index < -0.39 is 154 Å². The van der Waals surface area contributed by atoms with Crippen molar-refractivity contribution in [2.75, 3.05) is 19.8 Å². The van der Waals surface area contributed by atoms with Gasteiger partial charge in [-0.2, -0.15) is 0 Å². The van der Waals surface area contributed by atoms with Gasteiger partial charge in [-0.3, -0.25) is 4.79 Å². The quantitative estimate of drug-likeness (QED) is 0.0941. The number of hydrogen-bond acceptors (Lipinski definition) is 21. The lowest BCUT2D eigenvalue weighted by Gasteiger charge is -2.49. The van der Waals surface area contributed by atoms with Crippen LogP contribution in [-0.4, -0.2) is 221 Å². The Kier molecular flexibility index (Phi) is 13.6. The molecule has 4 aliphatic rings. The summed E-state index contributed by atoms with van der Waals surface area (Å²) in [7, 11) is 0. The molecular formula is C26H43NO22. The molecule has 0 aliphatic carbocycles. The average molecular weight is 722 g/mol. The lowest BCUT2D eigenvalue weighted by molar-refractivity contribution is -0.377. The Morgan fingerprint density at radius 2 is 1.02 bits per heavy atom. The summed E-state index contributed by atoms with van der Waals surface area (Å²) in [6, 6.07) is -1.69. The molecule has 0 saturated carbocycles. The number of aliphatic hydroxyl groups excluding tert-OH is 12. The van der Waals surface area contributed by atoms with Gasteiger partial charge in [0.05, 0.1) is 19.8 Å². The molecule has 23 heteroatoms. The first-order chi connectivity index (χ1) is 23.1. The van der Waals surface area contributed by atoms with Crippen LogP contribution in [0, 0.1) is 0 Å². The van der Waals surface area contributed by atoms with Crippen molar-refractivity contribution in [1.82, 2.24) is 5.32 Å². The van der Waals surface area contributed by atoms with Crippen molar-refractivity contribution in [3.63, 3.8) is 0 Å². The predicted octanol–water partition coefficient (Wildman–Crippen LogP) is -9.51. The van der Waals surface area contributed by atoms with Gasteiger partial charge in [0.15, 0.2) is 31.3 Å². The molecule has 4 aliphatic heterocycles. The van der Waals surface area contributed by atoms with Crippen LogP contribution in [0.25, 0.3) is 0 Å². The van der Waals surface area contributed by atoms with Crippen molar-refractivity contribution in [2.45, 2.75) is 130 Å². The summed E-state index contributed by atoms with van der Waals surface area (Å²) in [6.07, 6.45) is -35.9. The van der Waals surface area contributed by atoms with E-state index in [1.54, 1.807) is 0 Å². The molecule has 0 aromatic rings. The van der Waals surface area contributed by atoms with Crippen LogP contribution in [0.4, 0.5) is 0 Å². The Hall–Kier alpha value is -1.82. The molecule has 1 amide bonds. The summed E-state index contributed by atoms with van der Waals surface area (Å²) in [6.45, 7) is -1.71. The highest BCUT2D eigenvalue weighted by molar-refractivity contribution is 5.74. The van der Waals surface area contributed by atoms with Gasteiger partial charge in [-0.05, 0) is 0 Å². The first-order valence-corrected chi connectivity index (χ1v) is 15.1. The van der Waals surface area contributed by atoms with Gasteiger partial charge in [0.1, 0.15) is 91.5 Å². The maximum Gasteiger partial charge on any atom is 0.335 e. The first-order valence-electron chi connectivity index (χ1n) is 15.1. The molecule has 4 saturated heterocycles. The minimum Gasteiger partial charge on any atom is -0.479 e. The Bertz CT molecular complexity index is 1100. The Morgan fingerprint density at radius 1 is 0.551 bits per heavy atom. The zero-order valence-electron chi connectivity index (χ0n) is 25.7. The molecule has 0 bridgehead atoms. The van der Waals surface area contributed by atoms with Crippen LogP contribution in [0.3, 0.4) is 0 Å². The van der Waals surface area contributed by atoms with E-state index in [1.165, 1.54) is 0 Å². The topological polar surface area (TPSA) is 374 Å². The maximum absolute atomic E-state index is 12.2. The molecule has 284 valence electrons. The van der Waals surface area contributed by atoms with Gasteiger partial charge in [-0.25, -0.2) is 4.79 Å². The molecule has 0 unspecified atom stereocenters. The molecule has 0 spiro atoms. The van der Waals surface area contributed by atoms with E-state index in [4.69, 9.17) is 33.2 Å². The molecule has 4 fully saturated rings. The van der Waals surface area contributed by atoms with Gasteiger partial charge in [-0.1, -0.05) is 0 Å². The third kappa shape index (κ3) is 8.30. The van der Waals surface area contributed by atoms with E-state index in [0.717, 1.165) is 6.92 Å². The largest absolute Gasteiger partial charge is 0.479 e. The van der Waals surface area contributed by atoms with Crippen molar-refractivity contribution < 1.29 is 109 Å². The fourth-order valence-corrected chi connectivity index (χ4v) is 5.91. The zero-order chi connectivity index (χ0) is 36.5. The molecule has 0 aromatic carbocycles. The maximum atomic E-state index is 12.2. The normalized spacial score (nSPS) is 49.3. The van der Waals surface area contributed by atoms with Crippen molar-refractivity contribution in [2.24, 2.45) is 0 Å². The number of amides is 1. The Morgan fingerprint density at radius 3 is 1.57 bits per heavy atom. The highest BCUT2D eigenvalue weighted by Gasteiger charge is 2.56. The number of carbonyl (C=O) groups is 2. The Balaban J connectivity index is 1.57. The molecule has 0 radical (unpaired) electrons. The second-order valence-electron chi connectivity index (χ2n) is 11.9. The molecule has 0 aromatic heterocycles. The summed E-state index contributed by atoms with van der Waals surface area (Å²) in [5.41, 5.74) is 0. The molecule has 49 heavy (non-hydrogen) atoms. The van der Waals surface area contributed by atoms with E-state index in [2.05, 4.69) is 5.32 Å². The summed E-state index contributed by atoms with van der Waals surface area (Å²) in [5.74, 6) is -2.57. The van der Waals surface area contributed by atoms with E-state index in [1.807, 2.05) is 0 Å². The van der Waals surface area contributed by atoms with E-state index >= 15 is 0 Å². The monoisotopic (exact) mass is 721 g/mol. The minimum atomic E-state index is -2.14. The molecular weight excluding hydrogens is 678 g/mol.